The number of hydrogen-bond acceptors (Lipinski definition) is 4. The topological polar surface area (TPSA) is 82.2 Å². The first-order chi connectivity index (χ1) is 9.99. The lowest BCUT2D eigenvalue weighted by molar-refractivity contribution is -0.122. The van der Waals surface area contributed by atoms with E-state index in [1.165, 1.54) is 0 Å². The SMILES string of the molecule is CNC(=O)COc1cc(-c2cnn(C)c2)cc([C@@H](C)N)c1.Cl. The number of aryl methyl sites for hydroxylation is 1. The fourth-order valence-electron chi connectivity index (χ4n) is 1.93. The van der Waals surface area contributed by atoms with E-state index in [1.54, 1.807) is 17.9 Å². The second-order valence-corrected chi connectivity index (χ2v) is 4.94. The molecule has 3 N–H and O–H groups in total. The van der Waals surface area contributed by atoms with E-state index in [2.05, 4.69) is 10.4 Å². The summed E-state index contributed by atoms with van der Waals surface area (Å²) in [5.41, 5.74) is 8.85. The molecule has 0 saturated heterocycles. The van der Waals surface area contributed by atoms with Gasteiger partial charge in [-0.25, -0.2) is 0 Å². The molecule has 7 heteroatoms. The van der Waals surface area contributed by atoms with Crippen LogP contribution in [0.15, 0.2) is 30.6 Å². The predicted molar refractivity (Wildman–Crippen MR) is 88.1 cm³/mol. The molecule has 1 aromatic heterocycles. The number of amides is 1. The Morgan fingerprint density at radius 3 is 2.68 bits per heavy atom. The zero-order chi connectivity index (χ0) is 15.4. The molecule has 120 valence electrons. The fraction of sp³-hybridized carbons (Fsp3) is 0.333. The smallest absolute Gasteiger partial charge is 0.257 e. The summed E-state index contributed by atoms with van der Waals surface area (Å²) in [6.45, 7) is 1.89. The molecule has 0 radical (unpaired) electrons. The van der Waals surface area contributed by atoms with E-state index in [-0.39, 0.29) is 31.0 Å². The first kappa shape index (κ1) is 18.0. The minimum Gasteiger partial charge on any atom is -0.484 e. The maximum absolute atomic E-state index is 11.3. The van der Waals surface area contributed by atoms with Crippen molar-refractivity contribution >= 4 is 18.3 Å². The van der Waals surface area contributed by atoms with Gasteiger partial charge in [0.1, 0.15) is 5.75 Å². The Hall–Kier alpha value is -2.05. The highest BCUT2D eigenvalue weighted by molar-refractivity contribution is 5.85. The molecule has 0 saturated carbocycles. The Balaban J connectivity index is 0.00000242. The quantitative estimate of drug-likeness (QED) is 0.876. The normalized spacial score (nSPS) is 11.5. The minimum atomic E-state index is -0.177. The number of likely N-dealkylation sites (N-methyl/N-ethyl adjacent to an activating group) is 1. The fourth-order valence-corrected chi connectivity index (χ4v) is 1.93. The summed E-state index contributed by atoms with van der Waals surface area (Å²) in [6.07, 6.45) is 3.70. The maximum Gasteiger partial charge on any atom is 0.257 e. The molecule has 0 aliphatic heterocycles. The van der Waals surface area contributed by atoms with Gasteiger partial charge in [-0.3, -0.25) is 9.48 Å². The zero-order valence-corrected chi connectivity index (χ0v) is 13.7. The number of aromatic nitrogens is 2. The lowest BCUT2D eigenvalue weighted by atomic mass is 10.0. The highest BCUT2D eigenvalue weighted by atomic mass is 35.5. The van der Waals surface area contributed by atoms with Crippen molar-refractivity contribution in [2.75, 3.05) is 13.7 Å². The van der Waals surface area contributed by atoms with Crippen molar-refractivity contribution < 1.29 is 9.53 Å². The molecule has 1 atom stereocenters. The zero-order valence-electron chi connectivity index (χ0n) is 12.9. The van der Waals surface area contributed by atoms with Crippen LogP contribution in [0.1, 0.15) is 18.5 Å². The van der Waals surface area contributed by atoms with Gasteiger partial charge in [-0.15, -0.1) is 12.4 Å². The molecule has 0 aliphatic rings. The molecule has 2 rings (SSSR count). The summed E-state index contributed by atoms with van der Waals surface area (Å²) in [5, 5.41) is 6.69. The first-order valence-electron chi connectivity index (χ1n) is 6.72. The maximum atomic E-state index is 11.3. The van der Waals surface area contributed by atoms with Crippen LogP contribution >= 0.6 is 12.4 Å². The number of ether oxygens (including phenoxy) is 1. The summed E-state index contributed by atoms with van der Waals surface area (Å²) in [4.78, 5) is 11.3. The Bertz CT molecular complexity index is 640. The van der Waals surface area contributed by atoms with E-state index >= 15 is 0 Å². The lowest BCUT2D eigenvalue weighted by Gasteiger charge is -2.12. The van der Waals surface area contributed by atoms with Gasteiger partial charge in [-0.2, -0.15) is 5.10 Å². The molecule has 0 fully saturated rings. The van der Waals surface area contributed by atoms with Crippen LogP contribution in [0.25, 0.3) is 11.1 Å². The second-order valence-electron chi connectivity index (χ2n) is 4.94. The third kappa shape index (κ3) is 4.47. The third-order valence-corrected chi connectivity index (χ3v) is 3.14. The van der Waals surface area contributed by atoms with Gasteiger partial charge in [0.25, 0.3) is 5.91 Å². The molecular formula is C15H21ClN4O2. The summed E-state index contributed by atoms with van der Waals surface area (Å²) >= 11 is 0. The number of hydrogen-bond donors (Lipinski definition) is 2. The van der Waals surface area contributed by atoms with Gasteiger partial charge in [0.15, 0.2) is 6.61 Å². The molecule has 1 aromatic carbocycles. The summed E-state index contributed by atoms with van der Waals surface area (Å²) in [5.74, 6) is 0.441. The minimum absolute atomic E-state index is 0. The number of nitrogens with two attached hydrogens (primary N) is 1. The van der Waals surface area contributed by atoms with E-state index in [9.17, 15) is 4.79 Å². The van der Waals surface area contributed by atoms with E-state index in [4.69, 9.17) is 10.5 Å². The number of rotatable bonds is 5. The molecule has 0 aliphatic carbocycles. The van der Waals surface area contributed by atoms with Crippen molar-refractivity contribution in [3.8, 4) is 16.9 Å². The standard InChI is InChI=1S/C15H20N4O2.ClH/c1-10(16)11-4-12(13-7-18-19(3)8-13)6-14(5-11)21-9-15(20)17-2;/h4-8,10H,9,16H2,1-3H3,(H,17,20);1H/t10-;/m1./s1. The molecule has 0 spiro atoms. The Labute approximate surface area is 136 Å². The van der Waals surface area contributed by atoms with Gasteiger partial charge >= 0.3 is 0 Å². The predicted octanol–water partition coefficient (Wildman–Crippen LogP) is 1.65. The van der Waals surface area contributed by atoms with Crippen molar-refractivity contribution in [3.05, 3.63) is 36.2 Å². The van der Waals surface area contributed by atoms with Crippen LogP contribution in [-0.4, -0.2) is 29.3 Å². The summed E-state index contributed by atoms with van der Waals surface area (Å²) in [7, 11) is 3.44. The number of carbonyl (C=O) groups is 1. The van der Waals surface area contributed by atoms with E-state index in [0.29, 0.717) is 5.75 Å². The molecule has 22 heavy (non-hydrogen) atoms. The largest absolute Gasteiger partial charge is 0.484 e. The Kier molecular flexibility index (Phi) is 6.39. The second kappa shape index (κ2) is 7.82. The first-order valence-corrected chi connectivity index (χ1v) is 6.72. The molecule has 6 nitrogen and oxygen atoms in total. The van der Waals surface area contributed by atoms with Gasteiger partial charge in [0.05, 0.1) is 6.20 Å². The third-order valence-electron chi connectivity index (χ3n) is 3.14. The van der Waals surface area contributed by atoms with Crippen molar-refractivity contribution in [1.82, 2.24) is 15.1 Å². The number of nitrogens with one attached hydrogen (secondary N) is 1. The van der Waals surface area contributed by atoms with Crippen LogP contribution in [0.5, 0.6) is 5.75 Å². The van der Waals surface area contributed by atoms with Gasteiger partial charge in [0.2, 0.25) is 0 Å². The number of benzene rings is 1. The Morgan fingerprint density at radius 2 is 2.14 bits per heavy atom. The van der Waals surface area contributed by atoms with Crippen LogP contribution in [0.3, 0.4) is 0 Å². The van der Waals surface area contributed by atoms with Crippen LogP contribution < -0.4 is 15.8 Å². The molecule has 2 aromatic rings. The van der Waals surface area contributed by atoms with Gasteiger partial charge in [-0.05, 0) is 36.2 Å². The average Bonchev–Trinajstić information content (AvgIpc) is 2.91. The van der Waals surface area contributed by atoms with Crippen molar-refractivity contribution in [3.63, 3.8) is 0 Å². The molecule has 0 bridgehead atoms. The van der Waals surface area contributed by atoms with E-state index in [1.807, 2.05) is 38.4 Å². The van der Waals surface area contributed by atoms with Crippen LogP contribution in [0.2, 0.25) is 0 Å². The molecular weight excluding hydrogens is 304 g/mol. The Morgan fingerprint density at radius 1 is 1.41 bits per heavy atom. The van der Waals surface area contributed by atoms with Crippen molar-refractivity contribution in [1.29, 1.82) is 0 Å². The van der Waals surface area contributed by atoms with Crippen molar-refractivity contribution in [2.24, 2.45) is 12.8 Å². The summed E-state index contributed by atoms with van der Waals surface area (Å²) in [6, 6.07) is 5.62. The van der Waals surface area contributed by atoms with Gasteiger partial charge in [0, 0.05) is 31.9 Å². The van der Waals surface area contributed by atoms with Crippen LogP contribution in [0, 0.1) is 0 Å². The van der Waals surface area contributed by atoms with E-state index < -0.39 is 0 Å². The molecule has 0 unspecified atom stereocenters. The number of carbonyl (C=O) groups excluding carboxylic acids is 1. The summed E-state index contributed by atoms with van der Waals surface area (Å²) < 4.78 is 7.26. The van der Waals surface area contributed by atoms with Gasteiger partial charge < -0.3 is 15.8 Å². The van der Waals surface area contributed by atoms with Crippen molar-refractivity contribution in [2.45, 2.75) is 13.0 Å². The number of halogens is 1. The molecule has 1 heterocycles. The lowest BCUT2D eigenvalue weighted by Crippen LogP contribution is -2.24. The van der Waals surface area contributed by atoms with E-state index in [0.717, 1.165) is 16.7 Å². The van der Waals surface area contributed by atoms with Crippen LogP contribution in [-0.2, 0) is 11.8 Å². The van der Waals surface area contributed by atoms with Gasteiger partial charge in [-0.1, -0.05) is 0 Å². The highest BCUT2D eigenvalue weighted by Crippen LogP contribution is 2.28. The average molecular weight is 325 g/mol. The highest BCUT2D eigenvalue weighted by Gasteiger charge is 2.09. The monoisotopic (exact) mass is 324 g/mol. The number of nitrogens with zero attached hydrogens (tertiary/aromatic N) is 2. The molecule has 1 amide bonds. The van der Waals surface area contributed by atoms with Crippen LogP contribution in [0.4, 0.5) is 0 Å².